The van der Waals surface area contributed by atoms with Crippen LogP contribution in [0.25, 0.3) is 0 Å². The second-order valence-electron chi connectivity index (χ2n) is 9.78. The van der Waals surface area contributed by atoms with E-state index in [2.05, 4.69) is 63.8 Å². The molecule has 0 aromatic rings. The van der Waals surface area contributed by atoms with Gasteiger partial charge in [0.25, 0.3) is 0 Å². The molecule has 34 heavy (non-hydrogen) atoms. The van der Waals surface area contributed by atoms with Gasteiger partial charge in [0.1, 0.15) is 0 Å². The van der Waals surface area contributed by atoms with E-state index in [9.17, 15) is 9.90 Å². The van der Waals surface area contributed by atoms with Gasteiger partial charge in [-0.25, -0.2) is 0 Å². The molecule has 0 aliphatic heterocycles. The van der Waals surface area contributed by atoms with Crippen molar-refractivity contribution in [3.8, 4) is 0 Å². The zero-order chi connectivity index (χ0) is 25.9. The summed E-state index contributed by atoms with van der Waals surface area (Å²) in [7, 11) is -0.438. The van der Waals surface area contributed by atoms with Crippen LogP contribution in [0.15, 0.2) is 72.9 Å². The molecular formula is C29H48O4Si. The molecule has 0 aliphatic rings. The largest absolute Gasteiger partial charge is 0.469 e. The fourth-order valence-electron chi connectivity index (χ4n) is 2.63. The Hall–Kier alpha value is -1.95. The van der Waals surface area contributed by atoms with Gasteiger partial charge in [-0.1, -0.05) is 101 Å². The monoisotopic (exact) mass is 488 g/mol. The molecular weight excluding hydrogens is 440 g/mol. The maximum Gasteiger partial charge on any atom is 0.305 e. The highest BCUT2D eigenvalue weighted by molar-refractivity contribution is 6.74. The molecule has 0 unspecified atom stereocenters. The summed E-state index contributed by atoms with van der Waals surface area (Å²) in [4.78, 5) is 11.0. The third-order valence-corrected chi connectivity index (χ3v) is 10.2. The highest BCUT2D eigenvalue weighted by atomic mass is 28.4. The van der Waals surface area contributed by atoms with E-state index in [-0.39, 0.29) is 17.1 Å². The van der Waals surface area contributed by atoms with Crippen molar-refractivity contribution in [2.45, 2.75) is 96.6 Å². The molecule has 192 valence electrons. The Morgan fingerprint density at radius 2 is 1.53 bits per heavy atom. The first-order chi connectivity index (χ1) is 16.0. The van der Waals surface area contributed by atoms with Gasteiger partial charge in [-0.3, -0.25) is 4.79 Å². The van der Waals surface area contributed by atoms with E-state index >= 15 is 0 Å². The lowest BCUT2D eigenvalue weighted by Gasteiger charge is -2.38. The van der Waals surface area contributed by atoms with E-state index in [4.69, 9.17) is 4.43 Å². The Balaban J connectivity index is 4.51. The number of hydrogen-bond donors (Lipinski definition) is 1. The van der Waals surface area contributed by atoms with Crippen LogP contribution in [-0.2, 0) is 14.0 Å². The second kappa shape index (κ2) is 18.4. The van der Waals surface area contributed by atoms with Crippen LogP contribution in [0.2, 0.25) is 18.1 Å². The quantitative estimate of drug-likeness (QED) is 0.105. The van der Waals surface area contributed by atoms with Crippen molar-refractivity contribution in [1.82, 2.24) is 0 Å². The van der Waals surface area contributed by atoms with E-state index in [1.807, 2.05) is 48.6 Å². The standard InChI is InChI=1S/C29H48O4Si/c1-8-9-16-23-27(33-34(6,7)29(2,3)4)24-19-15-14-18-22-26(30)21-17-12-10-11-13-20-25-28(31)32-5/h9,11-19,22,24,26-27,30H,8,10,20-21,23,25H2,1-7H3/b13-11-,15-14+,16-9-,17-12-,22-18+,24-19-/t26-,27+/m1/s1. The molecule has 0 bridgehead atoms. The molecule has 0 aliphatic carbocycles. The van der Waals surface area contributed by atoms with Gasteiger partial charge in [0.05, 0.1) is 19.3 Å². The minimum Gasteiger partial charge on any atom is -0.469 e. The van der Waals surface area contributed by atoms with Gasteiger partial charge in [0, 0.05) is 6.42 Å². The van der Waals surface area contributed by atoms with E-state index in [0.29, 0.717) is 19.3 Å². The minimum atomic E-state index is -1.84. The average Bonchev–Trinajstić information content (AvgIpc) is 2.76. The summed E-state index contributed by atoms with van der Waals surface area (Å²) in [5, 5.41) is 10.2. The fourth-order valence-corrected chi connectivity index (χ4v) is 3.92. The van der Waals surface area contributed by atoms with Crippen molar-refractivity contribution in [2.75, 3.05) is 7.11 Å². The van der Waals surface area contributed by atoms with Crippen LogP contribution in [0.5, 0.6) is 0 Å². The van der Waals surface area contributed by atoms with Crippen molar-refractivity contribution in [2.24, 2.45) is 0 Å². The van der Waals surface area contributed by atoms with Gasteiger partial charge >= 0.3 is 5.97 Å². The van der Waals surface area contributed by atoms with Gasteiger partial charge in [-0.2, -0.15) is 0 Å². The molecule has 0 spiro atoms. The van der Waals surface area contributed by atoms with Crippen LogP contribution in [0.1, 0.15) is 66.2 Å². The second-order valence-corrected chi connectivity index (χ2v) is 14.5. The van der Waals surface area contributed by atoms with Crippen LogP contribution >= 0.6 is 0 Å². The van der Waals surface area contributed by atoms with Crippen molar-refractivity contribution in [1.29, 1.82) is 0 Å². The van der Waals surface area contributed by atoms with E-state index in [1.54, 1.807) is 6.08 Å². The average molecular weight is 489 g/mol. The lowest BCUT2D eigenvalue weighted by molar-refractivity contribution is -0.140. The van der Waals surface area contributed by atoms with E-state index in [0.717, 1.165) is 19.3 Å². The number of rotatable bonds is 16. The zero-order valence-electron chi connectivity index (χ0n) is 22.5. The van der Waals surface area contributed by atoms with Crippen LogP contribution in [0.4, 0.5) is 0 Å². The maximum atomic E-state index is 11.0. The number of aliphatic hydroxyl groups excluding tert-OH is 1. The molecule has 0 saturated heterocycles. The van der Waals surface area contributed by atoms with Crippen molar-refractivity contribution in [3.63, 3.8) is 0 Å². The Kier molecular flexibility index (Phi) is 17.3. The van der Waals surface area contributed by atoms with Crippen molar-refractivity contribution in [3.05, 3.63) is 72.9 Å². The van der Waals surface area contributed by atoms with Crippen molar-refractivity contribution >= 4 is 14.3 Å². The number of allylic oxidation sites excluding steroid dienone is 8. The summed E-state index contributed by atoms with van der Waals surface area (Å²) in [5.41, 5.74) is 0. The normalized spacial score (nSPS) is 15.6. The van der Waals surface area contributed by atoms with Crippen LogP contribution in [0.3, 0.4) is 0 Å². The lowest BCUT2D eigenvalue weighted by Crippen LogP contribution is -2.43. The molecule has 0 saturated carbocycles. The SMILES string of the molecule is CC/C=C\C[C@@H](\C=C/C=C/C=C/[C@H](O)C/C=C\C/C=C\CCC(=O)OC)O[Si](C)(C)C(C)(C)C. The van der Waals surface area contributed by atoms with Gasteiger partial charge in [0.2, 0.25) is 0 Å². The van der Waals surface area contributed by atoms with E-state index in [1.165, 1.54) is 7.11 Å². The van der Waals surface area contributed by atoms with Gasteiger partial charge in [0.15, 0.2) is 8.32 Å². The van der Waals surface area contributed by atoms with Crippen molar-refractivity contribution < 1.29 is 19.1 Å². The Bertz CT molecular complexity index is 721. The Morgan fingerprint density at radius 3 is 2.15 bits per heavy atom. The summed E-state index contributed by atoms with van der Waals surface area (Å²) in [5.74, 6) is -0.192. The lowest BCUT2D eigenvalue weighted by atomic mass is 10.2. The summed E-state index contributed by atoms with van der Waals surface area (Å²) >= 11 is 0. The molecule has 4 nitrogen and oxygen atoms in total. The number of carbonyl (C=O) groups is 1. The molecule has 0 amide bonds. The minimum absolute atomic E-state index is 0.0718. The van der Waals surface area contributed by atoms with Gasteiger partial charge in [-0.05, 0) is 50.2 Å². The summed E-state index contributed by atoms with van der Waals surface area (Å²) < 4.78 is 11.2. The molecule has 0 rings (SSSR count). The molecule has 0 aromatic heterocycles. The number of ether oxygens (including phenoxy) is 1. The van der Waals surface area contributed by atoms with Gasteiger partial charge < -0.3 is 14.3 Å². The number of methoxy groups -OCH3 is 1. The molecule has 0 radical (unpaired) electrons. The van der Waals surface area contributed by atoms with Crippen LogP contribution in [-0.4, -0.2) is 38.7 Å². The summed E-state index contributed by atoms with van der Waals surface area (Å²) in [6, 6.07) is 0. The third kappa shape index (κ3) is 16.6. The first-order valence-electron chi connectivity index (χ1n) is 12.4. The van der Waals surface area contributed by atoms with Crippen LogP contribution in [0, 0.1) is 0 Å². The predicted molar refractivity (Wildman–Crippen MR) is 148 cm³/mol. The Labute approximate surface area is 210 Å². The molecule has 0 aromatic carbocycles. The van der Waals surface area contributed by atoms with Gasteiger partial charge in [-0.15, -0.1) is 0 Å². The molecule has 1 N–H and O–H groups in total. The van der Waals surface area contributed by atoms with Crippen LogP contribution < -0.4 is 0 Å². The highest BCUT2D eigenvalue weighted by Gasteiger charge is 2.38. The molecule has 5 heteroatoms. The number of aliphatic hydroxyl groups is 1. The third-order valence-electron chi connectivity index (χ3n) is 5.74. The van der Waals surface area contributed by atoms with E-state index < -0.39 is 14.4 Å². The zero-order valence-corrected chi connectivity index (χ0v) is 23.5. The number of carbonyl (C=O) groups excluding carboxylic acids is 1. The summed E-state index contributed by atoms with van der Waals surface area (Å²) in [6.07, 6.45) is 28.0. The molecule has 0 heterocycles. The maximum absolute atomic E-state index is 11.0. The molecule has 2 atom stereocenters. The number of hydrogen-bond acceptors (Lipinski definition) is 4. The first-order valence-corrected chi connectivity index (χ1v) is 15.3. The highest BCUT2D eigenvalue weighted by Crippen LogP contribution is 2.37. The number of esters is 1. The smallest absolute Gasteiger partial charge is 0.305 e. The topological polar surface area (TPSA) is 55.8 Å². The predicted octanol–water partition coefficient (Wildman–Crippen LogP) is 7.61. The first kappa shape index (κ1) is 32.0. The summed E-state index contributed by atoms with van der Waals surface area (Å²) in [6.45, 7) is 13.5. The fraction of sp³-hybridized carbons (Fsp3) is 0.552. The molecule has 0 fully saturated rings. The Morgan fingerprint density at radius 1 is 0.912 bits per heavy atom.